The van der Waals surface area contributed by atoms with Crippen molar-refractivity contribution in [3.8, 4) is 0 Å². The number of aromatic nitrogens is 2. The van der Waals surface area contributed by atoms with E-state index in [0.717, 1.165) is 0 Å². The largest absolute Gasteiger partial charge is 0.325 e. The molecule has 3 aromatic rings. The van der Waals surface area contributed by atoms with Crippen molar-refractivity contribution in [2.24, 2.45) is 0 Å². The molecule has 0 aliphatic rings. The van der Waals surface area contributed by atoms with Gasteiger partial charge in [-0.3, -0.25) is 14.2 Å². The molecule has 0 aliphatic heterocycles. The van der Waals surface area contributed by atoms with Gasteiger partial charge in [-0.25, -0.2) is 9.37 Å². The van der Waals surface area contributed by atoms with Crippen molar-refractivity contribution in [2.45, 2.75) is 30.8 Å². The number of aryl methyl sites for hydroxylation is 1. The van der Waals surface area contributed by atoms with E-state index in [4.69, 9.17) is 0 Å². The summed E-state index contributed by atoms with van der Waals surface area (Å²) in [6.45, 7) is 7.36. The summed E-state index contributed by atoms with van der Waals surface area (Å²) >= 11 is 2.56. The van der Waals surface area contributed by atoms with E-state index in [1.807, 2.05) is 5.38 Å². The van der Waals surface area contributed by atoms with Crippen LogP contribution in [-0.2, 0) is 11.3 Å². The first-order chi connectivity index (χ1) is 12.9. The average Bonchev–Trinajstić information content (AvgIpc) is 3.10. The third-order valence-electron chi connectivity index (χ3n) is 3.95. The molecule has 2 heterocycles. The number of carbonyl (C=O) groups excluding carboxylic acids is 1. The van der Waals surface area contributed by atoms with Gasteiger partial charge in [0.2, 0.25) is 5.91 Å². The Morgan fingerprint density at radius 1 is 1.48 bits per heavy atom. The molecule has 8 heteroatoms. The van der Waals surface area contributed by atoms with Crippen LogP contribution in [0.25, 0.3) is 10.2 Å². The fourth-order valence-corrected chi connectivity index (χ4v) is 4.16. The van der Waals surface area contributed by atoms with Gasteiger partial charge in [0.25, 0.3) is 5.56 Å². The van der Waals surface area contributed by atoms with Gasteiger partial charge in [0, 0.05) is 12.2 Å². The third kappa shape index (κ3) is 4.12. The third-order valence-corrected chi connectivity index (χ3v) is 5.85. The summed E-state index contributed by atoms with van der Waals surface area (Å²) in [4.78, 5) is 30.3. The number of benzene rings is 1. The molecule has 1 aromatic carbocycles. The molecule has 0 radical (unpaired) electrons. The van der Waals surface area contributed by atoms with Crippen LogP contribution < -0.4 is 10.9 Å². The van der Waals surface area contributed by atoms with Crippen LogP contribution in [0, 0.1) is 12.7 Å². The number of thiophene rings is 1. The van der Waals surface area contributed by atoms with E-state index in [1.54, 1.807) is 38.1 Å². The molecule has 0 bridgehead atoms. The molecule has 2 aromatic heterocycles. The fourth-order valence-electron chi connectivity index (χ4n) is 2.44. The lowest BCUT2D eigenvalue weighted by Crippen LogP contribution is -2.26. The zero-order valence-electron chi connectivity index (χ0n) is 14.9. The van der Waals surface area contributed by atoms with Crippen LogP contribution in [0.3, 0.4) is 0 Å². The highest BCUT2D eigenvalue weighted by molar-refractivity contribution is 8.00. The van der Waals surface area contributed by atoms with Crippen LogP contribution in [-0.4, -0.2) is 20.7 Å². The number of amides is 1. The standard InChI is InChI=1S/C19H18FN3O2S2/c1-4-8-23-18(25)14-7-9-26-17(14)22-19(23)27-12(3)16(24)21-13-6-5-11(2)15(20)10-13/h4-7,9-10,12H,1,8H2,2-3H3,(H,21,24). The molecule has 0 saturated carbocycles. The van der Waals surface area contributed by atoms with E-state index >= 15 is 0 Å². The monoisotopic (exact) mass is 403 g/mol. The molecule has 1 atom stereocenters. The number of rotatable bonds is 6. The van der Waals surface area contributed by atoms with E-state index in [1.165, 1.54) is 33.7 Å². The maximum absolute atomic E-state index is 13.7. The summed E-state index contributed by atoms with van der Waals surface area (Å²) < 4.78 is 15.2. The maximum atomic E-state index is 13.7. The number of carbonyl (C=O) groups is 1. The summed E-state index contributed by atoms with van der Waals surface area (Å²) in [5, 5.41) is 4.98. The lowest BCUT2D eigenvalue weighted by molar-refractivity contribution is -0.115. The smallest absolute Gasteiger partial charge is 0.263 e. The van der Waals surface area contributed by atoms with Gasteiger partial charge in [-0.2, -0.15) is 0 Å². The second-order valence-corrected chi connectivity index (χ2v) is 8.15. The van der Waals surface area contributed by atoms with Crippen LogP contribution in [0.15, 0.2) is 52.3 Å². The molecule has 0 saturated heterocycles. The molecule has 0 fully saturated rings. The van der Waals surface area contributed by atoms with Gasteiger partial charge in [0.05, 0.1) is 10.6 Å². The number of fused-ring (bicyclic) bond motifs is 1. The quantitative estimate of drug-likeness (QED) is 0.380. The van der Waals surface area contributed by atoms with Crippen molar-refractivity contribution in [2.75, 3.05) is 5.32 Å². The van der Waals surface area contributed by atoms with Crippen molar-refractivity contribution >= 4 is 44.9 Å². The lowest BCUT2D eigenvalue weighted by atomic mass is 10.2. The Morgan fingerprint density at radius 2 is 2.26 bits per heavy atom. The van der Waals surface area contributed by atoms with Gasteiger partial charge >= 0.3 is 0 Å². The second-order valence-electron chi connectivity index (χ2n) is 5.95. The Kier molecular flexibility index (Phi) is 5.76. The van der Waals surface area contributed by atoms with Gasteiger partial charge in [-0.1, -0.05) is 23.9 Å². The summed E-state index contributed by atoms with van der Waals surface area (Å²) in [6.07, 6.45) is 1.62. The maximum Gasteiger partial charge on any atom is 0.263 e. The van der Waals surface area contributed by atoms with Gasteiger partial charge in [0.15, 0.2) is 5.16 Å². The van der Waals surface area contributed by atoms with Crippen molar-refractivity contribution in [1.82, 2.24) is 9.55 Å². The second kappa shape index (κ2) is 8.06. The van der Waals surface area contributed by atoms with Gasteiger partial charge in [-0.15, -0.1) is 17.9 Å². The van der Waals surface area contributed by atoms with Gasteiger partial charge < -0.3 is 5.32 Å². The predicted octanol–water partition coefficient (Wildman–Crippen LogP) is 4.21. The van der Waals surface area contributed by atoms with E-state index < -0.39 is 5.25 Å². The first kappa shape index (κ1) is 19.3. The number of anilines is 1. The Balaban J connectivity index is 1.84. The number of hydrogen-bond acceptors (Lipinski definition) is 5. The molecular formula is C19H18FN3O2S2. The number of hydrogen-bond donors (Lipinski definition) is 1. The molecule has 1 N–H and O–H groups in total. The van der Waals surface area contributed by atoms with E-state index in [0.29, 0.717) is 33.2 Å². The zero-order chi connectivity index (χ0) is 19.6. The number of halogens is 1. The molecule has 27 heavy (non-hydrogen) atoms. The Morgan fingerprint density at radius 3 is 2.96 bits per heavy atom. The summed E-state index contributed by atoms with van der Waals surface area (Å²) in [7, 11) is 0. The van der Waals surface area contributed by atoms with Crippen molar-refractivity contribution in [1.29, 1.82) is 0 Å². The first-order valence-electron chi connectivity index (χ1n) is 8.23. The topological polar surface area (TPSA) is 64.0 Å². The molecule has 5 nitrogen and oxygen atoms in total. The minimum Gasteiger partial charge on any atom is -0.325 e. The van der Waals surface area contributed by atoms with Crippen molar-refractivity contribution < 1.29 is 9.18 Å². The summed E-state index contributed by atoms with van der Waals surface area (Å²) in [6, 6.07) is 6.29. The minimum absolute atomic E-state index is 0.156. The number of allylic oxidation sites excluding steroid dienone is 1. The molecule has 1 unspecified atom stereocenters. The first-order valence-corrected chi connectivity index (χ1v) is 9.99. The Bertz CT molecular complexity index is 1070. The molecule has 0 aliphatic carbocycles. The van der Waals surface area contributed by atoms with E-state index in [9.17, 15) is 14.0 Å². The number of nitrogens with one attached hydrogen (secondary N) is 1. The molecule has 140 valence electrons. The minimum atomic E-state index is -0.533. The van der Waals surface area contributed by atoms with E-state index in [-0.39, 0.29) is 17.3 Å². The zero-order valence-corrected chi connectivity index (χ0v) is 16.5. The average molecular weight is 404 g/mol. The highest BCUT2D eigenvalue weighted by Crippen LogP contribution is 2.25. The Hall–Kier alpha value is -2.45. The van der Waals surface area contributed by atoms with Crippen LogP contribution in [0.5, 0.6) is 0 Å². The normalized spacial score (nSPS) is 12.1. The van der Waals surface area contributed by atoms with Crippen molar-refractivity contribution in [3.05, 3.63) is 64.0 Å². The van der Waals surface area contributed by atoms with Crippen LogP contribution in [0.4, 0.5) is 10.1 Å². The number of nitrogens with zero attached hydrogens (tertiary/aromatic N) is 2. The summed E-state index contributed by atoms with van der Waals surface area (Å²) in [5.74, 6) is -0.674. The predicted molar refractivity (Wildman–Crippen MR) is 109 cm³/mol. The van der Waals surface area contributed by atoms with Gasteiger partial charge in [0.1, 0.15) is 10.6 Å². The molecule has 0 spiro atoms. The molecular weight excluding hydrogens is 385 g/mol. The highest BCUT2D eigenvalue weighted by atomic mass is 32.2. The van der Waals surface area contributed by atoms with Gasteiger partial charge in [-0.05, 0) is 43.0 Å². The molecule has 3 rings (SSSR count). The van der Waals surface area contributed by atoms with Crippen LogP contribution in [0.2, 0.25) is 0 Å². The highest BCUT2D eigenvalue weighted by Gasteiger charge is 2.20. The Labute approximate surface area is 163 Å². The summed E-state index contributed by atoms with van der Waals surface area (Å²) in [5.41, 5.74) is 0.745. The number of thioether (sulfide) groups is 1. The fraction of sp³-hybridized carbons (Fsp3) is 0.211. The van der Waals surface area contributed by atoms with Crippen LogP contribution in [0.1, 0.15) is 12.5 Å². The lowest BCUT2D eigenvalue weighted by Gasteiger charge is -2.15. The SMILES string of the molecule is C=CCn1c(SC(C)C(=O)Nc2ccc(C)c(F)c2)nc2sccc2c1=O. The van der Waals surface area contributed by atoms with E-state index in [2.05, 4.69) is 16.9 Å². The van der Waals surface area contributed by atoms with Crippen LogP contribution >= 0.6 is 23.1 Å². The van der Waals surface area contributed by atoms with Crippen molar-refractivity contribution in [3.63, 3.8) is 0 Å². The molecule has 1 amide bonds.